The van der Waals surface area contributed by atoms with Gasteiger partial charge in [-0.3, -0.25) is 0 Å². The highest BCUT2D eigenvalue weighted by atomic mass is 16.3. The lowest BCUT2D eigenvalue weighted by molar-refractivity contribution is 0.590. The van der Waals surface area contributed by atoms with Gasteiger partial charge in [0.15, 0.2) is 0 Å². The summed E-state index contributed by atoms with van der Waals surface area (Å²) >= 11 is 0. The standard InChI is InChI=1S/C42H33BN2O/c1-42(2,3)30-21-23-31(24-22-30)45-35-17-9-7-14-32(35)33-15-11-19-38-40(33)43(45)34-16-8-10-18-36(34)44(38)37-25-20-29-26-27-46-41(29)39(37)28-12-5-4-6-13-28/h4-27H,1-3H3. The largest absolute Gasteiger partial charge is 0.464 e. The van der Waals surface area contributed by atoms with Crippen molar-refractivity contribution in [2.24, 2.45) is 0 Å². The summed E-state index contributed by atoms with van der Waals surface area (Å²) in [5.41, 5.74) is 15.6. The average molecular weight is 593 g/mol. The van der Waals surface area contributed by atoms with E-state index in [0.29, 0.717) is 0 Å². The Morgan fingerprint density at radius 3 is 2.07 bits per heavy atom. The fraction of sp³-hybridized carbons (Fsp3) is 0.0952. The Morgan fingerprint density at radius 2 is 1.26 bits per heavy atom. The zero-order chi connectivity index (χ0) is 31.0. The Kier molecular flexibility index (Phi) is 5.85. The molecule has 0 saturated carbocycles. The summed E-state index contributed by atoms with van der Waals surface area (Å²) < 4.78 is 6.21. The summed E-state index contributed by atoms with van der Waals surface area (Å²) in [4.78, 5) is 5.02. The van der Waals surface area contributed by atoms with Gasteiger partial charge in [0.25, 0.3) is 0 Å². The van der Waals surface area contributed by atoms with E-state index in [9.17, 15) is 0 Å². The van der Waals surface area contributed by atoms with Crippen molar-refractivity contribution in [2.45, 2.75) is 26.2 Å². The number of anilines is 5. The third kappa shape index (κ3) is 3.93. The number of nitrogens with zero attached hydrogens (tertiary/aromatic N) is 2. The normalized spacial score (nSPS) is 13.4. The van der Waals surface area contributed by atoms with Gasteiger partial charge >= 0.3 is 6.85 Å². The molecule has 3 nitrogen and oxygen atoms in total. The summed E-state index contributed by atoms with van der Waals surface area (Å²) in [6.07, 6.45) is 1.80. The molecule has 9 rings (SSSR count). The van der Waals surface area contributed by atoms with Crippen LogP contribution in [0.4, 0.5) is 28.4 Å². The first-order chi connectivity index (χ1) is 22.5. The van der Waals surface area contributed by atoms with E-state index in [4.69, 9.17) is 4.42 Å². The molecule has 4 heteroatoms. The molecule has 3 heterocycles. The second kappa shape index (κ2) is 10.0. The van der Waals surface area contributed by atoms with E-state index in [-0.39, 0.29) is 12.3 Å². The fourth-order valence-corrected chi connectivity index (χ4v) is 7.56. The zero-order valence-corrected chi connectivity index (χ0v) is 26.2. The highest BCUT2D eigenvalue weighted by molar-refractivity contribution is 6.93. The second-order valence-electron chi connectivity index (χ2n) is 13.4. The molecule has 0 amide bonds. The van der Waals surface area contributed by atoms with E-state index in [0.717, 1.165) is 27.8 Å². The fourth-order valence-electron chi connectivity index (χ4n) is 7.56. The first-order valence-electron chi connectivity index (χ1n) is 16.1. The number of hydrogen-bond donors (Lipinski definition) is 0. The van der Waals surface area contributed by atoms with Crippen molar-refractivity contribution in [3.63, 3.8) is 0 Å². The molecule has 220 valence electrons. The molecule has 0 fully saturated rings. The van der Waals surface area contributed by atoms with E-state index >= 15 is 0 Å². The summed E-state index contributed by atoms with van der Waals surface area (Å²) in [7, 11) is 0. The molecule has 46 heavy (non-hydrogen) atoms. The lowest BCUT2D eigenvalue weighted by Gasteiger charge is -2.46. The molecule has 2 aliphatic heterocycles. The maximum Gasteiger partial charge on any atom is 0.333 e. The number of para-hydroxylation sites is 2. The van der Waals surface area contributed by atoms with E-state index in [1.165, 1.54) is 50.4 Å². The predicted molar refractivity (Wildman–Crippen MR) is 194 cm³/mol. The lowest BCUT2D eigenvalue weighted by Crippen LogP contribution is -2.61. The van der Waals surface area contributed by atoms with Crippen LogP contribution in [0.5, 0.6) is 0 Å². The van der Waals surface area contributed by atoms with Gasteiger partial charge in [0, 0.05) is 39.3 Å². The summed E-state index contributed by atoms with van der Waals surface area (Å²) in [6.45, 7) is 6.82. The second-order valence-corrected chi connectivity index (χ2v) is 13.4. The molecule has 0 atom stereocenters. The minimum Gasteiger partial charge on any atom is -0.464 e. The Morgan fingerprint density at radius 1 is 0.565 bits per heavy atom. The Bertz CT molecular complexity index is 2260. The van der Waals surface area contributed by atoms with Crippen LogP contribution in [0.3, 0.4) is 0 Å². The van der Waals surface area contributed by atoms with Crippen molar-refractivity contribution < 1.29 is 4.42 Å². The molecule has 0 N–H and O–H groups in total. The molecule has 0 spiro atoms. The zero-order valence-electron chi connectivity index (χ0n) is 26.2. The smallest absolute Gasteiger partial charge is 0.333 e. The van der Waals surface area contributed by atoms with E-state index < -0.39 is 0 Å². The topological polar surface area (TPSA) is 19.6 Å². The Balaban J connectivity index is 1.34. The average Bonchev–Trinajstić information content (AvgIpc) is 3.57. The number of benzene rings is 6. The molecule has 1 aromatic heterocycles. The predicted octanol–water partition coefficient (Wildman–Crippen LogP) is 10.1. The molecule has 0 bridgehead atoms. The summed E-state index contributed by atoms with van der Waals surface area (Å²) in [5.74, 6) is 0. The first-order valence-corrected chi connectivity index (χ1v) is 16.1. The van der Waals surface area contributed by atoms with Gasteiger partial charge in [0.1, 0.15) is 5.58 Å². The molecule has 2 aliphatic rings. The monoisotopic (exact) mass is 592 g/mol. The maximum absolute atomic E-state index is 6.21. The quantitative estimate of drug-likeness (QED) is 0.190. The highest BCUT2D eigenvalue weighted by Crippen LogP contribution is 2.49. The summed E-state index contributed by atoms with van der Waals surface area (Å²) in [6, 6.07) is 50.9. The van der Waals surface area contributed by atoms with E-state index in [2.05, 4.69) is 170 Å². The van der Waals surface area contributed by atoms with Crippen molar-refractivity contribution >= 4 is 57.2 Å². The van der Waals surface area contributed by atoms with Gasteiger partial charge in [-0.25, -0.2) is 0 Å². The van der Waals surface area contributed by atoms with Crippen molar-refractivity contribution in [1.29, 1.82) is 0 Å². The molecule has 0 aliphatic carbocycles. The third-order valence-electron chi connectivity index (χ3n) is 9.70. The molecular weight excluding hydrogens is 559 g/mol. The highest BCUT2D eigenvalue weighted by Gasteiger charge is 2.45. The maximum atomic E-state index is 6.21. The Hall–Kier alpha value is -5.48. The number of fused-ring (bicyclic) bond motifs is 5. The summed E-state index contributed by atoms with van der Waals surface area (Å²) in [5, 5.41) is 1.10. The van der Waals surface area contributed by atoms with Crippen LogP contribution in [0.25, 0.3) is 33.2 Å². The Labute approximate surface area is 270 Å². The van der Waals surface area contributed by atoms with Crippen LogP contribution in [0.1, 0.15) is 26.3 Å². The number of hydrogen-bond acceptors (Lipinski definition) is 3. The minimum absolute atomic E-state index is 0.00144. The van der Waals surface area contributed by atoms with Crippen molar-refractivity contribution in [3.8, 4) is 22.3 Å². The molecule has 7 aromatic rings. The molecule has 0 saturated heterocycles. The van der Waals surface area contributed by atoms with Crippen LogP contribution in [0.15, 0.2) is 150 Å². The number of rotatable bonds is 3. The van der Waals surface area contributed by atoms with Crippen molar-refractivity contribution in [1.82, 2.24) is 0 Å². The molecular formula is C42H33BN2O. The van der Waals surface area contributed by atoms with Gasteiger partial charge in [-0.05, 0) is 81.6 Å². The van der Waals surface area contributed by atoms with Crippen LogP contribution < -0.4 is 20.6 Å². The molecule has 0 unspecified atom stereocenters. The van der Waals surface area contributed by atoms with Crippen LogP contribution in [0.2, 0.25) is 0 Å². The lowest BCUT2D eigenvalue weighted by atomic mass is 9.43. The molecule has 6 aromatic carbocycles. The van der Waals surface area contributed by atoms with Crippen LogP contribution in [-0.4, -0.2) is 6.85 Å². The number of furan rings is 1. The van der Waals surface area contributed by atoms with Gasteiger partial charge < -0.3 is 14.1 Å². The van der Waals surface area contributed by atoms with Crippen LogP contribution >= 0.6 is 0 Å². The van der Waals surface area contributed by atoms with Crippen LogP contribution in [-0.2, 0) is 5.41 Å². The van der Waals surface area contributed by atoms with Gasteiger partial charge in [-0.1, -0.05) is 112 Å². The van der Waals surface area contributed by atoms with E-state index in [1.807, 2.05) is 0 Å². The molecule has 0 radical (unpaired) electrons. The minimum atomic E-state index is 0.00144. The van der Waals surface area contributed by atoms with Gasteiger partial charge in [0.05, 0.1) is 12.0 Å². The SMILES string of the molecule is CC(C)(C)c1ccc(N2B3c4ccccc4N(c4ccc5ccoc5c4-c4ccccc4)c4cccc(c43)-c3ccccc32)cc1. The van der Waals surface area contributed by atoms with Gasteiger partial charge in [-0.15, -0.1) is 0 Å². The first kappa shape index (κ1) is 26.9. The third-order valence-corrected chi connectivity index (χ3v) is 9.70. The van der Waals surface area contributed by atoms with Crippen molar-refractivity contribution in [2.75, 3.05) is 9.71 Å². The van der Waals surface area contributed by atoms with Gasteiger partial charge in [-0.2, -0.15) is 0 Å². The van der Waals surface area contributed by atoms with Crippen LogP contribution in [0, 0.1) is 0 Å². The van der Waals surface area contributed by atoms with Crippen molar-refractivity contribution in [3.05, 3.63) is 151 Å². The van der Waals surface area contributed by atoms with E-state index in [1.54, 1.807) is 6.26 Å². The van der Waals surface area contributed by atoms with Gasteiger partial charge in [0.2, 0.25) is 0 Å².